The molecule has 27 heavy (non-hydrogen) atoms. The summed E-state index contributed by atoms with van der Waals surface area (Å²) >= 11 is 0. The van der Waals surface area contributed by atoms with Gasteiger partial charge in [0, 0.05) is 18.3 Å². The molecule has 6 nitrogen and oxygen atoms in total. The highest BCUT2D eigenvalue weighted by Crippen LogP contribution is 2.15. The van der Waals surface area contributed by atoms with Gasteiger partial charge in [0.25, 0.3) is 0 Å². The molecule has 0 saturated carbocycles. The summed E-state index contributed by atoms with van der Waals surface area (Å²) in [6.07, 6.45) is 5.48. The molecule has 0 spiro atoms. The van der Waals surface area contributed by atoms with Crippen molar-refractivity contribution in [1.29, 1.82) is 0 Å². The number of dihydropyridines is 1. The van der Waals surface area contributed by atoms with Crippen molar-refractivity contribution < 1.29 is 19.1 Å². The number of aromatic nitrogens is 1. The first-order chi connectivity index (χ1) is 13.1. The molecule has 0 saturated heterocycles. The zero-order chi connectivity index (χ0) is 20.7. The third-order valence-electron chi connectivity index (χ3n) is 3.05. The van der Waals surface area contributed by atoms with E-state index in [1.807, 2.05) is 20.8 Å². The molecular formula is C21H30N2O4. The molecule has 0 atom stereocenters. The second-order valence-electron chi connectivity index (χ2n) is 4.97. The topological polar surface area (TPSA) is 77.9 Å². The molecule has 0 unspecified atom stereocenters. The normalized spacial score (nSPS) is 12.0. The molecule has 1 aromatic heterocycles. The maximum absolute atomic E-state index is 11.8. The van der Waals surface area contributed by atoms with Crippen LogP contribution in [0.25, 0.3) is 0 Å². The highest BCUT2D eigenvalue weighted by Gasteiger charge is 2.17. The fraction of sp³-hybridized carbons (Fsp3) is 0.429. The van der Waals surface area contributed by atoms with E-state index in [2.05, 4.69) is 16.6 Å². The molecule has 1 aliphatic rings. The highest BCUT2D eigenvalue weighted by molar-refractivity contribution is 6.12. The van der Waals surface area contributed by atoms with Crippen LogP contribution in [0, 0.1) is 0 Å². The molecule has 1 aromatic rings. The summed E-state index contributed by atoms with van der Waals surface area (Å²) < 4.78 is 9.97. The van der Waals surface area contributed by atoms with Gasteiger partial charge in [-0.15, -0.1) is 6.58 Å². The Kier molecular flexibility index (Phi) is 12.9. The number of carbonyl (C=O) groups is 2. The smallest absolute Gasteiger partial charge is 0.338 e. The minimum atomic E-state index is -0.405. The van der Waals surface area contributed by atoms with Gasteiger partial charge in [-0.25, -0.2) is 9.59 Å². The van der Waals surface area contributed by atoms with Gasteiger partial charge in [0.05, 0.1) is 30.2 Å². The van der Waals surface area contributed by atoms with Crippen molar-refractivity contribution in [2.75, 3.05) is 19.8 Å². The van der Waals surface area contributed by atoms with Crippen LogP contribution < -0.4 is 0 Å². The summed E-state index contributed by atoms with van der Waals surface area (Å²) in [5, 5.41) is 0. The van der Waals surface area contributed by atoms with Crippen LogP contribution in [0.5, 0.6) is 0 Å². The van der Waals surface area contributed by atoms with Crippen LogP contribution in [0.4, 0.5) is 0 Å². The predicted molar refractivity (Wildman–Crippen MR) is 108 cm³/mol. The van der Waals surface area contributed by atoms with Crippen molar-refractivity contribution in [3.05, 3.63) is 53.9 Å². The van der Waals surface area contributed by atoms with Gasteiger partial charge in [0.15, 0.2) is 0 Å². The second-order valence-corrected chi connectivity index (χ2v) is 4.97. The number of ether oxygens (including phenoxy) is 2. The highest BCUT2D eigenvalue weighted by atomic mass is 16.5. The van der Waals surface area contributed by atoms with Gasteiger partial charge >= 0.3 is 11.9 Å². The largest absolute Gasteiger partial charge is 0.463 e. The minimum absolute atomic E-state index is 0.310. The number of allylic oxidation sites excluding steroid dienone is 2. The molecule has 0 bridgehead atoms. The number of hydrogen-bond donors (Lipinski definition) is 0. The van der Waals surface area contributed by atoms with Crippen LogP contribution in [0.15, 0.2) is 47.6 Å². The standard InChI is InChI=1S/C16H18N2O4.C3H6.C2H6/c1-3-21-15(19)11-5-7-17-13(9-11)14-10-12(6-8-18-14)16(20)22-4-2;1-3-2;1-2/h5,7,9-10H,3-4,6,8H2,1-2H3;3H,1H2,2H3;1-2H3. The molecule has 148 valence electrons. The summed E-state index contributed by atoms with van der Waals surface area (Å²) in [6, 6.07) is 3.20. The van der Waals surface area contributed by atoms with Crippen molar-refractivity contribution in [2.45, 2.75) is 41.0 Å². The SMILES string of the molecule is C=CC.CC.CCOC(=O)C1=CC(c2cc(C(=O)OCC)ccn2)=NCC1. The first-order valence-electron chi connectivity index (χ1n) is 9.20. The molecule has 0 radical (unpaired) electrons. The Balaban J connectivity index is 0.00000123. The fourth-order valence-corrected chi connectivity index (χ4v) is 2.03. The maximum Gasteiger partial charge on any atom is 0.338 e. The monoisotopic (exact) mass is 374 g/mol. The molecule has 2 rings (SSSR count). The average molecular weight is 374 g/mol. The lowest BCUT2D eigenvalue weighted by atomic mass is 10.0. The van der Waals surface area contributed by atoms with Crippen molar-refractivity contribution >= 4 is 17.7 Å². The lowest BCUT2D eigenvalue weighted by Crippen LogP contribution is -2.16. The number of nitrogens with zero attached hydrogens (tertiary/aromatic N) is 2. The van der Waals surface area contributed by atoms with Crippen molar-refractivity contribution in [3.63, 3.8) is 0 Å². The molecule has 0 fully saturated rings. The van der Waals surface area contributed by atoms with Crippen LogP contribution in [-0.2, 0) is 14.3 Å². The quantitative estimate of drug-likeness (QED) is 0.571. The molecule has 2 heterocycles. The Bertz CT molecular complexity index is 679. The van der Waals surface area contributed by atoms with E-state index in [-0.39, 0.29) is 5.97 Å². The summed E-state index contributed by atoms with van der Waals surface area (Å²) in [6.45, 7) is 13.9. The molecule has 0 N–H and O–H groups in total. The van der Waals surface area contributed by atoms with Crippen LogP contribution >= 0.6 is 0 Å². The Morgan fingerprint density at radius 1 is 1.19 bits per heavy atom. The van der Waals surface area contributed by atoms with Gasteiger partial charge in [-0.05, 0) is 45.4 Å². The van der Waals surface area contributed by atoms with E-state index in [0.717, 1.165) is 0 Å². The van der Waals surface area contributed by atoms with Crippen LogP contribution in [-0.4, -0.2) is 42.4 Å². The fourth-order valence-electron chi connectivity index (χ4n) is 2.03. The summed E-state index contributed by atoms with van der Waals surface area (Å²) in [5.74, 6) is -0.742. The van der Waals surface area contributed by atoms with Gasteiger partial charge < -0.3 is 9.47 Å². The van der Waals surface area contributed by atoms with Crippen molar-refractivity contribution in [2.24, 2.45) is 4.99 Å². The number of esters is 2. The number of carbonyl (C=O) groups excluding carboxylic acids is 2. The van der Waals surface area contributed by atoms with Gasteiger partial charge in [-0.2, -0.15) is 0 Å². The van der Waals surface area contributed by atoms with Gasteiger partial charge in [0.1, 0.15) is 0 Å². The lowest BCUT2D eigenvalue weighted by molar-refractivity contribution is -0.138. The van der Waals surface area contributed by atoms with E-state index in [1.54, 1.807) is 38.1 Å². The van der Waals surface area contributed by atoms with Gasteiger partial charge in [-0.3, -0.25) is 9.98 Å². The summed E-state index contributed by atoms with van der Waals surface area (Å²) in [5.41, 5.74) is 2.08. The number of pyridine rings is 1. The van der Waals surface area contributed by atoms with E-state index >= 15 is 0 Å². The van der Waals surface area contributed by atoms with E-state index in [0.29, 0.717) is 48.7 Å². The molecule has 0 aromatic carbocycles. The number of rotatable bonds is 5. The van der Waals surface area contributed by atoms with E-state index < -0.39 is 5.97 Å². The summed E-state index contributed by atoms with van der Waals surface area (Å²) in [4.78, 5) is 32.1. The molecule has 6 heteroatoms. The second kappa shape index (κ2) is 14.4. The van der Waals surface area contributed by atoms with Crippen molar-refractivity contribution in [1.82, 2.24) is 4.98 Å². The average Bonchev–Trinajstić information content (AvgIpc) is 2.71. The Hall–Kier alpha value is -2.76. The lowest BCUT2D eigenvalue weighted by Gasteiger charge is -2.12. The van der Waals surface area contributed by atoms with Crippen molar-refractivity contribution in [3.8, 4) is 0 Å². The minimum Gasteiger partial charge on any atom is -0.463 e. The Morgan fingerprint density at radius 2 is 1.78 bits per heavy atom. The van der Waals surface area contributed by atoms with Crippen LogP contribution in [0.3, 0.4) is 0 Å². The Labute approximate surface area is 162 Å². The molecule has 1 aliphatic heterocycles. The summed E-state index contributed by atoms with van der Waals surface area (Å²) in [7, 11) is 0. The molecular weight excluding hydrogens is 344 g/mol. The third-order valence-corrected chi connectivity index (χ3v) is 3.05. The van der Waals surface area contributed by atoms with Crippen LogP contribution in [0.2, 0.25) is 0 Å². The zero-order valence-electron chi connectivity index (χ0n) is 16.9. The maximum atomic E-state index is 11.8. The van der Waals surface area contributed by atoms with Gasteiger partial charge in [0.2, 0.25) is 0 Å². The Morgan fingerprint density at radius 3 is 2.37 bits per heavy atom. The first-order valence-corrected chi connectivity index (χ1v) is 9.20. The predicted octanol–water partition coefficient (Wildman–Crippen LogP) is 4.16. The molecule has 0 amide bonds. The first kappa shape index (κ1) is 24.2. The molecule has 0 aliphatic carbocycles. The zero-order valence-corrected chi connectivity index (χ0v) is 16.9. The third kappa shape index (κ3) is 8.44. The van der Waals surface area contributed by atoms with E-state index in [9.17, 15) is 9.59 Å². The van der Waals surface area contributed by atoms with Gasteiger partial charge in [-0.1, -0.05) is 19.9 Å². The van der Waals surface area contributed by atoms with E-state index in [1.165, 1.54) is 6.20 Å². The van der Waals surface area contributed by atoms with E-state index in [4.69, 9.17) is 9.47 Å². The van der Waals surface area contributed by atoms with Crippen LogP contribution in [0.1, 0.15) is 57.1 Å². The number of aliphatic imine (C=N–C) groups is 1. The number of hydrogen-bond acceptors (Lipinski definition) is 6.